The molecule has 1 N–H and O–H groups in total. The average molecular weight is 332 g/mol. The van der Waals surface area contributed by atoms with E-state index in [-0.39, 0.29) is 11.9 Å². The molecule has 23 heavy (non-hydrogen) atoms. The van der Waals surface area contributed by atoms with E-state index in [1.54, 1.807) is 25.2 Å². The molecule has 2 aromatic rings. The predicted molar refractivity (Wildman–Crippen MR) is 90.3 cm³/mol. The van der Waals surface area contributed by atoms with Crippen molar-refractivity contribution in [1.29, 1.82) is 0 Å². The van der Waals surface area contributed by atoms with Crippen molar-refractivity contribution in [3.05, 3.63) is 29.3 Å². The number of thiazole rings is 1. The van der Waals surface area contributed by atoms with Crippen molar-refractivity contribution >= 4 is 33.5 Å². The SMILES string of the molecule is CN(CCN1C(=O)NC(C)(C)C1=O)Cc1nc2ccccc2s1. The lowest BCUT2D eigenvalue weighted by molar-refractivity contribution is -0.130. The summed E-state index contributed by atoms with van der Waals surface area (Å²) in [5.41, 5.74) is 0.208. The Morgan fingerprint density at radius 2 is 2.04 bits per heavy atom. The van der Waals surface area contributed by atoms with Crippen molar-refractivity contribution in [2.24, 2.45) is 0 Å². The zero-order chi connectivity index (χ0) is 16.6. The molecule has 0 spiro atoms. The first-order chi connectivity index (χ1) is 10.9. The van der Waals surface area contributed by atoms with Gasteiger partial charge in [0.25, 0.3) is 5.91 Å². The van der Waals surface area contributed by atoms with Crippen LogP contribution in [0.3, 0.4) is 0 Å². The number of amides is 3. The van der Waals surface area contributed by atoms with Crippen LogP contribution in [-0.2, 0) is 11.3 Å². The van der Waals surface area contributed by atoms with Crippen LogP contribution in [0.25, 0.3) is 10.2 Å². The number of aromatic nitrogens is 1. The zero-order valence-electron chi connectivity index (χ0n) is 13.5. The molecular weight excluding hydrogens is 312 g/mol. The highest BCUT2D eigenvalue weighted by molar-refractivity contribution is 7.18. The summed E-state index contributed by atoms with van der Waals surface area (Å²) < 4.78 is 1.17. The second-order valence-corrected chi connectivity index (χ2v) is 7.44. The fraction of sp³-hybridized carbons (Fsp3) is 0.438. The Labute approximate surface area is 139 Å². The van der Waals surface area contributed by atoms with Gasteiger partial charge in [-0.1, -0.05) is 12.1 Å². The summed E-state index contributed by atoms with van der Waals surface area (Å²) in [6, 6.07) is 7.74. The van der Waals surface area contributed by atoms with Crippen LogP contribution in [0.5, 0.6) is 0 Å². The Kier molecular flexibility index (Phi) is 4.08. The number of nitrogens with one attached hydrogen (secondary N) is 1. The number of nitrogens with zero attached hydrogens (tertiary/aromatic N) is 3. The number of carbonyl (C=O) groups excluding carboxylic acids is 2. The normalized spacial score (nSPS) is 17.3. The number of hydrogen-bond acceptors (Lipinski definition) is 5. The number of likely N-dealkylation sites (N-methyl/N-ethyl adjacent to an activating group) is 1. The van der Waals surface area contributed by atoms with E-state index >= 15 is 0 Å². The molecule has 0 saturated carbocycles. The molecule has 0 radical (unpaired) electrons. The molecule has 0 atom stereocenters. The van der Waals surface area contributed by atoms with Crippen LogP contribution in [0.15, 0.2) is 24.3 Å². The summed E-state index contributed by atoms with van der Waals surface area (Å²) in [4.78, 5) is 32.0. The van der Waals surface area contributed by atoms with Gasteiger partial charge in [-0.25, -0.2) is 9.78 Å². The Balaban J connectivity index is 1.58. The van der Waals surface area contributed by atoms with Crippen molar-refractivity contribution in [1.82, 2.24) is 20.1 Å². The fourth-order valence-electron chi connectivity index (χ4n) is 2.59. The second-order valence-electron chi connectivity index (χ2n) is 6.33. The summed E-state index contributed by atoms with van der Waals surface area (Å²) in [7, 11) is 1.97. The first kappa shape index (κ1) is 15.9. The Morgan fingerprint density at radius 1 is 1.30 bits per heavy atom. The lowest BCUT2D eigenvalue weighted by atomic mass is 10.1. The van der Waals surface area contributed by atoms with Crippen molar-refractivity contribution in [2.45, 2.75) is 25.9 Å². The third-order valence-corrected chi connectivity index (χ3v) is 4.91. The second kappa shape index (κ2) is 5.90. The highest BCUT2D eigenvalue weighted by atomic mass is 32.1. The summed E-state index contributed by atoms with van der Waals surface area (Å²) in [6.45, 7) is 5.14. The van der Waals surface area contributed by atoms with Crippen LogP contribution in [0.4, 0.5) is 4.79 Å². The molecule has 1 saturated heterocycles. The van der Waals surface area contributed by atoms with Gasteiger partial charge in [-0.2, -0.15) is 0 Å². The van der Waals surface area contributed by atoms with Crippen LogP contribution < -0.4 is 5.32 Å². The van der Waals surface area contributed by atoms with Crippen molar-refractivity contribution in [3.8, 4) is 0 Å². The Morgan fingerprint density at radius 3 is 2.70 bits per heavy atom. The summed E-state index contributed by atoms with van der Waals surface area (Å²) in [5.74, 6) is -0.170. The van der Waals surface area contributed by atoms with Gasteiger partial charge in [-0.3, -0.25) is 14.6 Å². The molecule has 7 heteroatoms. The number of rotatable bonds is 5. The lowest BCUT2D eigenvalue weighted by Gasteiger charge is -2.20. The van der Waals surface area contributed by atoms with E-state index in [1.165, 1.54) is 9.60 Å². The molecule has 1 aliphatic rings. The molecule has 1 fully saturated rings. The summed E-state index contributed by atoms with van der Waals surface area (Å²) in [5, 5.41) is 3.73. The zero-order valence-corrected chi connectivity index (χ0v) is 14.3. The topological polar surface area (TPSA) is 65.5 Å². The van der Waals surface area contributed by atoms with Gasteiger partial charge in [0.2, 0.25) is 0 Å². The molecule has 1 aromatic heterocycles. The van der Waals surface area contributed by atoms with Gasteiger partial charge in [-0.05, 0) is 33.0 Å². The number of hydrogen-bond donors (Lipinski definition) is 1. The molecule has 3 rings (SSSR count). The number of para-hydroxylation sites is 1. The van der Waals surface area contributed by atoms with Gasteiger partial charge in [-0.15, -0.1) is 11.3 Å². The average Bonchev–Trinajstić information content (AvgIpc) is 2.96. The van der Waals surface area contributed by atoms with E-state index in [1.807, 2.05) is 25.2 Å². The van der Waals surface area contributed by atoms with Crippen molar-refractivity contribution in [3.63, 3.8) is 0 Å². The Hall–Kier alpha value is -1.99. The quantitative estimate of drug-likeness (QED) is 0.851. The van der Waals surface area contributed by atoms with Crippen LogP contribution >= 0.6 is 11.3 Å². The maximum atomic E-state index is 12.1. The van der Waals surface area contributed by atoms with Crippen molar-refractivity contribution < 1.29 is 9.59 Å². The minimum atomic E-state index is -0.803. The standard InChI is InChI=1S/C16H20N4O2S/c1-16(2)14(21)20(15(22)18-16)9-8-19(3)10-13-17-11-6-4-5-7-12(11)23-13/h4-7H,8-10H2,1-3H3,(H,18,22). The summed E-state index contributed by atoms with van der Waals surface area (Å²) in [6.07, 6.45) is 0. The molecule has 1 aliphatic heterocycles. The van der Waals surface area contributed by atoms with Crippen LogP contribution in [-0.4, -0.2) is 52.4 Å². The van der Waals surface area contributed by atoms with Crippen LogP contribution in [0, 0.1) is 0 Å². The third-order valence-electron chi connectivity index (χ3n) is 3.89. The van der Waals surface area contributed by atoms with Gasteiger partial charge < -0.3 is 5.32 Å². The molecule has 0 aliphatic carbocycles. The fourth-order valence-corrected chi connectivity index (χ4v) is 3.64. The van der Waals surface area contributed by atoms with Gasteiger partial charge in [0.1, 0.15) is 10.5 Å². The van der Waals surface area contributed by atoms with E-state index in [0.717, 1.165) is 10.5 Å². The summed E-state index contributed by atoms with van der Waals surface area (Å²) >= 11 is 1.67. The highest BCUT2D eigenvalue weighted by Gasteiger charge is 2.43. The number of urea groups is 1. The molecular formula is C16H20N4O2S. The Bertz CT molecular complexity index is 722. The molecule has 0 bridgehead atoms. The molecule has 122 valence electrons. The minimum absolute atomic E-state index is 0.170. The molecule has 0 unspecified atom stereocenters. The lowest BCUT2D eigenvalue weighted by Crippen LogP contribution is -2.41. The van der Waals surface area contributed by atoms with E-state index in [9.17, 15) is 9.59 Å². The first-order valence-electron chi connectivity index (χ1n) is 7.54. The maximum Gasteiger partial charge on any atom is 0.325 e. The number of carbonyl (C=O) groups is 2. The monoisotopic (exact) mass is 332 g/mol. The van der Waals surface area contributed by atoms with Gasteiger partial charge in [0.05, 0.1) is 16.8 Å². The number of benzene rings is 1. The maximum absolute atomic E-state index is 12.1. The largest absolute Gasteiger partial charge is 0.325 e. The van der Waals surface area contributed by atoms with E-state index < -0.39 is 5.54 Å². The molecule has 2 heterocycles. The van der Waals surface area contributed by atoms with Gasteiger partial charge in [0.15, 0.2) is 0 Å². The van der Waals surface area contributed by atoms with Crippen molar-refractivity contribution in [2.75, 3.05) is 20.1 Å². The first-order valence-corrected chi connectivity index (χ1v) is 8.35. The van der Waals surface area contributed by atoms with E-state index in [4.69, 9.17) is 0 Å². The van der Waals surface area contributed by atoms with Crippen LogP contribution in [0.1, 0.15) is 18.9 Å². The van der Waals surface area contributed by atoms with Gasteiger partial charge >= 0.3 is 6.03 Å². The molecule has 3 amide bonds. The van der Waals surface area contributed by atoms with E-state index in [0.29, 0.717) is 19.6 Å². The highest BCUT2D eigenvalue weighted by Crippen LogP contribution is 2.22. The van der Waals surface area contributed by atoms with Crippen LogP contribution in [0.2, 0.25) is 0 Å². The van der Waals surface area contributed by atoms with E-state index in [2.05, 4.69) is 21.3 Å². The number of imide groups is 1. The number of fused-ring (bicyclic) bond motifs is 1. The smallest absolute Gasteiger partial charge is 0.324 e. The minimum Gasteiger partial charge on any atom is -0.324 e. The predicted octanol–water partition coefficient (Wildman–Crippen LogP) is 2.06. The third kappa shape index (κ3) is 3.20. The molecule has 1 aromatic carbocycles. The molecule has 6 nitrogen and oxygen atoms in total. The van der Waals surface area contributed by atoms with Gasteiger partial charge in [0, 0.05) is 13.1 Å².